The van der Waals surface area contributed by atoms with Crippen molar-refractivity contribution in [3.63, 3.8) is 0 Å². The van der Waals surface area contributed by atoms with Crippen molar-refractivity contribution in [1.29, 1.82) is 0 Å². The van der Waals surface area contributed by atoms with E-state index in [9.17, 15) is 0 Å². The molecule has 2 aromatic heterocycles. The van der Waals surface area contributed by atoms with Crippen molar-refractivity contribution in [2.75, 3.05) is 72.5 Å². The second kappa shape index (κ2) is 19.2. The van der Waals surface area contributed by atoms with Crippen LogP contribution >= 0.6 is 22.6 Å². The van der Waals surface area contributed by atoms with Crippen LogP contribution in [0, 0.1) is 0 Å². The smallest absolute Gasteiger partial charge is 0.225 e. The highest BCUT2D eigenvalue weighted by atomic mass is 127. The van der Waals surface area contributed by atoms with Crippen molar-refractivity contribution < 1.29 is 0 Å². The van der Waals surface area contributed by atoms with E-state index in [1.54, 1.807) is 12.4 Å². The van der Waals surface area contributed by atoms with Crippen LogP contribution in [0.3, 0.4) is 0 Å². The number of likely N-dealkylation sites (tertiary alicyclic amines) is 1. The maximum Gasteiger partial charge on any atom is 0.225 e. The number of nitrogens with one attached hydrogen (secondary N) is 5. The Hall–Kier alpha value is -1.99. The van der Waals surface area contributed by atoms with Crippen LogP contribution < -0.4 is 26.6 Å². The van der Waals surface area contributed by atoms with Crippen LogP contribution in [0.4, 0.5) is 23.5 Å². The molecule has 2 aliphatic heterocycles. The summed E-state index contributed by atoms with van der Waals surface area (Å²) < 4.78 is 1.31. The van der Waals surface area contributed by atoms with E-state index in [2.05, 4.69) is 102 Å². The molecule has 2 saturated heterocycles. The molecule has 0 aliphatic carbocycles. The number of halogens is 1. The molecule has 0 bridgehead atoms. The minimum absolute atomic E-state index is 0.106. The molecule has 0 atom stereocenters. The Bertz CT molecular complexity index is 960. The number of hydrogen-bond acceptors (Lipinski definition) is 10. The number of hydrogen-bond donors (Lipinski definition) is 5. The Balaban J connectivity index is 0.000000251. The van der Waals surface area contributed by atoms with E-state index in [0.29, 0.717) is 5.95 Å². The van der Waals surface area contributed by atoms with E-state index in [4.69, 9.17) is 0 Å². The second-order valence-electron chi connectivity index (χ2n) is 11.4. The lowest BCUT2D eigenvalue weighted by atomic mass is 9.89. The molecule has 2 fully saturated rings. The molecule has 11 heteroatoms. The van der Waals surface area contributed by atoms with Crippen LogP contribution in [-0.2, 0) is 0 Å². The summed E-state index contributed by atoms with van der Waals surface area (Å²) in [7, 11) is 3.73. The molecule has 4 heterocycles. The Labute approximate surface area is 262 Å². The normalized spacial score (nSPS) is 17.6. The van der Waals surface area contributed by atoms with Gasteiger partial charge in [0.25, 0.3) is 0 Å². The zero-order chi connectivity index (χ0) is 30.0. The first-order valence-electron chi connectivity index (χ1n) is 15.4. The molecular formula is C30H55IN10. The fraction of sp³-hybridized carbons (Fsp3) is 0.733. The van der Waals surface area contributed by atoms with E-state index in [1.165, 1.54) is 36.7 Å². The monoisotopic (exact) mass is 682 g/mol. The molecular weight excluding hydrogens is 627 g/mol. The molecule has 2 aliphatic rings. The molecule has 0 unspecified atom stereocenters. The standard InChI is InChI=1S/C15H27N5.C11H19N5.C4H9I/c1-4-5-10-20-11-7-15(2,8-12-20)19-14-17-9-6-13(16-3)18-14;1-11(4-7-13-8-5-11)16-10-14-6-3-9(12-2)15-10;1-2-3-4-5/h6,9H,4-5,7-8,10-12H2,1-3H3,(H2,16,17,18,19);3,6,13H,4-5,7-8H2,1-2H3,(H2,12,14,15,16);2-4H2,1H3. The Morgan fingerprint density at radius 2 is 1.29 bits per heavy atom. The molecule has 232 valence electrons. The molecule has 0 radical (unpaired) electrons. The Morgan fingerprint density at radius 3 is 1.71 bits per heavy atom. The molecule has 10 nitrogen and oxygen atoms in total. The fourth-order valence-electron chi connectivity index (χ4n) is 4.67. The van der Waals surface area contributed by atoms with Crippen LogP contribution in [-0.4, -0.2) is 87.2 Å². The number of rotatable bonds is 11. The predicted molar refractivity (Wildman–Crippen MR) is 184 cm³/mol. The minimum Gasteiger partial charge on any atom is -0.373 e. The summed E-state index contributed by atoms with van der Waals surface area (Å²) in [6, 6.07) is 3.73. The van der Waals surface area contributed by atoms with Gasteiger partial charge in [-0.1, -0.05) is 49.3 Å². The molecule has 0 aromatic carbocycles. The zero-order valence-corrected chi connectivity index (χ0v) is 28.5. The van der Waals surface area contributed by atoms with Crippen molar-refractivity contribution in [1.82, 2.24) is 30.2 Å². The SMILES string of the molecule is CCCCI.CCCCN1CCC(C)(Nc2nccc(NC)n2)CC1.CNc1ccnc(NC2(C)CCNCC2)n1. The maximum atomic E-state index is 4.45. The van der Waals surface area contributed by atoms with Crippen molar-refractivity contribution in [3.05, 3.63) is 24.5 Å². The van der Waals surface area contributed by atoms with Crippen LogP contribution in [0.25, 0.3) is 0 Å². The van der Waals surface area contributed by atoms with E-state index < -0.39 is 0 Å². The van der Waals surface area contributed by atoms with Crippen LogP contribution in [0.1, 0.15) is 79.1 Å². The van der Waals surface area contributed by atoms with Gasteiger partial charge in [0.2, 0.25) is 11.9 Å². The van der Waals surface area contributed by atoms with Gasteiger partial charge in [-0.25, -0.2) is 9.97 Å². The summed E-state index contributed by atoms with van der Waals surface area (Å²) in [5, 5.41) is 16.4. The Morgan fingerprint density at radius 1 is 0.805 bits per heavy atom. The molecule has 41 heavy (non-hydrogen) atoms. The van der Waals surface area contributed by atoms with Gasteiger partial charge in [0, 0.05) is 50.7 Å². The van der Waals surface area contributed by atoms with Gasteiger partial charge < -0.3 is 31.5 Å². The van der Waals surface area contributed by atoms with E-state index >= 15 is 0 Å². The van der Waals surface area contributed by atoms with Crippen LogP contribution in [0.5, 0.6) is 0 Å². The highest BCUT2D eigenvalue weighted by Crippen LogP contribution is 2.26. The first-order chi connectivity index (χ1) is 19.8. The largest absolute Gasteiger partial charge is 0.373 e. The third kappa shape index (κ3) is 13.7. The fourth-order valence-corrected chi connectivity index (χ4v) is 5.43. The predicted octanol–water partition coefficient (Wildman–Crippen LogP) is 5.88. The lowest BCUT2D eigenvalue weighted by Gasteiger charge is -2.40. The Kier molecular flexibility index (Phi) is 16.5. The lowest BCUT2D eigenvalue weighted by Crippen LogP contribution is -2.47. The van der Waals surface area contributed by atoms with Gasteiger partial charge in [0.1, 0.15) is 11.6 Å². The second-order valence-corrected chi connectivity index (χ2v) is 12.5. The first kappa shape index (κ1) is 35.2. The van der Waals surface area contributed by atoms with Crippen molar-refractivity contribution in [2.45, 2.75) is 90.1 Å². The minimum atomic E-state index is 0.106. The highest BCUT2D eigenvalue weighted by molar-refractivity contribution is 14.1. The molecule has 0 saturated carbocycles. The summed E-state index contributed by atoms with van der Waals surface area (Å²) in [5.41, 5.74) is 0.215. The van der Waals surface area contributed by atoms with Crippen LogP contribution in [0.15, 0.2) is 24.5 Å². The highest BCUT2D eigenvalue weighted by Gasteiger charge is 2.30. The van der Waals surface area contributed by atoms with Crippen molar-refractivity contribution in [3.8, 4) is 0 Å². The van der Waals surface area contributed by atoms with Gasteiger partial charge >= 0.3 is 0 Å². The summed E-state index contributed by atoms with van der Waals surface area (Å²) in [6.45, 7) is 14.6. The molecule has 2 aromatic rings. The molecule has 0 spiro atoms. The average molecular weight is 683 g/mol. The number of unbranched alkanes of at least 4 members (excludes halogenated alkanes) is 2. The van der Waals surface area contributed by atoms with Gasteiger partial charge in [-0.05, 0) is 88.6 Å². The number of alkyl halides is 1. The van der Waals surface area contributed by atoms with Gasteiger partial charge in [-0.2, -0.15) is 9.97 Å². The third-order valence-electron chi connectivity index (χ3n) is 7.63. The van der Waals surface area contributed by atoms with E-state index in [0.717, 1.165) is 69.4 Å². The van der Waals surface area contributed by atoms with Gasteiger partial charge in [-0.3, -0.25) is 0 Å². The average Bonchev–Trinajstić information content (AvgIpc) is 2.98. The van der Waals surface area contributed by atoms with Gasteiger partial charge in [-0.15, -0.1) is 0 Å². The number of aromatic nitrogens is 4. The van der Waals surface area contributed by atoms with Crippen molar-refractivity contribution >= 4 is 46.1 Å². The molecule has 0 amide bonds. The first-order valence-corrected chi connectivity index (χ1v) is 16.9. The zero-order valence-electron chi connectivity index (χ0n) is 26.3. The third-order valence-corrected chi connectivity index (χ3v) is 8.40. The van der Waals surface area contributed by atoms with E-state index in [1.807, 2.05) is 26.2 Å². The topological polar surface area (TPSA) is 115 Å². The summed E-state index contributed by atoms with van der Waals surface area (Å²) in [6.07, 6.45) is 13.3. The number of nitrogens with zero attached hydrogens (tertiary/aromatic N) is 5. The van der Waals surface area contributed by atoms with Gasteiger partial charge in [0.05, 0.1) is 0 Å². The molecule has 4 rings (SSSR count). The quantitative estimate of drug-likeness (QED) is 0.146. The van der Waals surface area contributed by atoms with Gasteiger partial charge in [0.15, 0.2) is 0 Å². The summed E-state index contributed by atoms with van der Waals surface area (Å²) in [5.74, 6) is 3.12. The summed E-state index contributed by atoms with van der Waals surface area (Å²) in [4.78, 5) is 20.0. The number of piperidine rings is 2. The van der Waals surface area contributed by atoms with Crippen molar-refractivity contribution in [2.24, 2.45) is 0 Å². The van der Waals surface area contributed by atoms with Crippen LogP contribution in [0.2, 0.25) is 0 Å². The number of anilines is 4. The molecule has 5 N–H and O–H groups in total. The lowest BCUT2D eigenvalue weighted by molar-refractivity contribution is 0.179. The summed E-state index contributed by atoms with van der Waals surface area (Å²) >= 11 is 2.39. The van der Waals surface area contributed by atoms with E-state index in [-0.39, 0.29) is 11.1 Å². The maximum absolute atomic E-state index is 4.45.